The second-order valence-corrected chi connectivity index (χ2v) is 1.90. The lowest BCUT2D eigenvalue weighted by Gasteiger charge is -1.83. The van der Waals surface area contributed by atoms with E-state index >= 15 is 0 Å². The number of hydrogen-bond donors (Lipinski definition) is 0. The lowest BCUT2D eigenvalue weighted by molar-refractivity contribution is 0.548. The van der Waals surface area contributed by atoms with Gasteiger partial charge in [-0.15, -0.1) is 0 Å². The zero-order valence-electron chi connectivity index (χ0n) is 8.16. The lowest BCUT2D eigenvalue weighted by atomic mass is 10.3. The highest BCUT2D eigenvalue weighted by Crippen LogP contribution is 2.09. The van der Waals surface area contributed by atoms with Gasteiger partial charge in [0.2, 0.25) is 0 Å². The summed E-state index contributed by atoms with van der Waals surface area (Å²) in [6.07, 6.45) is 8.30. The van der Waals surface area contributed by atoms with Crippen LogP contribution in [0.3, 0.4) is 0 Å². The number of aromatic nitrogens is 1. The smallest absolute Gasteiger partial charge is 0.181 e. The van der Waals surface area contributed by atoms with E-state index in [1.54, 1.807) is 18.2 Å². The molecule has 0 radical (unpaired) electrons. The van der Waals surface area contributed by atoms with Gasteiger partial charge in [0.15, 0.2) is 12.2 Å². The van der Waals surface area contributed by atoms with Crippen molar-refractivity contribution < 1.29 is 4.42 Å². The first kappa shape index (κ1) is 11.4. The van der Waals surface area contributed by atoms with Crippen molar-refractivity contribution in [1.29, 1.82) is 0 Å². The van der Waals surface area contributed by atoms with E-state index in [1.165, 1.54) is 6.39 Å². The molecule has 1 aromatic rings. The maximum atomic E-state index is 5.00. The molecule has 0 spiro atoms. The molecule has 0 N–H and O–H groups in total. The third kappa shape index (κ3) is 3.56. The Kier molecular flexibility index (Phi) is 6.24. The Morgan fingerprint density at radius 3 is 2.62 bits per heavy atom. The summed E-state index contributed by atoms with van der Waals surface area (Å²) in [5, 5.41) is 0. The summed E-state index contributed by atoms with van der Waals surface area (Å²) >= 11 is 0. The number of nitrogens with zero attached hydrogens (tertiary/aromatic N) is 1. The van der Waals surface area contributed by atoms with E-state index < -0.39 is 0 Å². The van der Waals surface area contributed by atoms with E-state index in [9.17, 15) is 0 Å². The monoisotopic (exact) mass is 177 g/mol. The Labute approximate surface area is 79.3 Å². The van der Waals surface area contributed by atoms with Crippen LogP contribution in [0.25, 0.3) is 12.2 Å². The maximum absolute atomic E-state index is 5.00. The van der Waals surface area contributed by atoms with Gasteiger partial charge in [0, 0.05) is 0 Å². The fraction of sp³-hybridized carbons (Fsp3) is 0.182. The van der Waals surface area contributed by atoms with Crippen LogP contribution < -0.4 is 0 Å². The van der Waals surface area contributed by atoms with Crippen molar-refractivity contribution in [2.75, 3.05) is 0 Å². The summed E-state index contributed by atoms with van der Waals surface area (Å²) in [5.74, 6) is 0.683. The molecule has 1 rings (SSSR count). The third-order valence-electron chi connectivity index (χ3n) is 1.20. The molecule has 0 saturated carbocycles. The number of oxazole rings is 1. The average molecular weight is 177 g/mol. The molecule has 1 heterocycles. The van der Waals surface area contributed by atoms with Crippen molar-refractivity contribution in [1.82, 2.24) is 4.98 Å². The number of hydrogen-bond acceptors (Lipinski definition) is 2. The second-order valence-electron chi connectivity index (χ2n) is 1.90. The molecule has 0 aliphatic rings. The molecule has 0 aliphatic heterocycles. The fourth-order valence-corrected chi connectivity index (χ4v) is 0.701. The zero-order chi connectivity index (χ0) is 10.1. The first-order chi connectivity index (χ1) is 6.38. The number of rotatable bonds is 3. The van der Waals surface area contributed by atoms with Crippen molar-refractivity contribution in [2.24, 2.45) is 0 Å². The summed E-state index contributed by atoms with van der Waals surface area (Å²) in [5.41, 5.74) is 0.778. The Morgan fingerprint density at radius 1 is 1.38 bits per heavy atom. The maximum Gasteiger partial charge on any atom is 0.181 e. The highest BCUT2D eigenvalue weighted by molar-refractivity contribution is 5.57. The molecule has 0 unspecified atom stereocenters. The predicted octanol–water partition coefficient (Wildman–Crippen LogP) is 3.54. The molecule has 2 heteroatoms. The second kappa shape index (κ2) is 7.10. The Morgan fingerprint density at radius 2 is 2.08 bits per heavy atom. The van der Waals surface area contributed by atoms with Gasteiger partial charge in [-0.3, -0.25) is 0 Å². The predicted molar refractivity (Wildman–Crippen MR) is 57.2 cm³/mol. The van der Waals surface area contributed by atoms with Crippen LogP contribution >= 0.6 is 0 Å². The fourth-order valence-electron chi connectivity index (χ4n) is 0.701. The molecule has 2 nitrogen and oxygen atoms in total. The molecule has 0 amide bonds. The molecule has 13 heavy (non-hydrogen) atoms. The van der Waals surface area contributed by atoms with Crippen LogP contribution in [0, 0.1) is 0 Å². The lowest BCUT2D eigenvalue weighted by Crippen LogP contribution is -1.72. The summed E-state index contributed by atoms with van der Waals surface area (Å²) in [6.45, 7) is 11.1. The molecule has 0 saturated heterocycles. The molecule has 0 fully saturated rings. The van der Waals surface area contributed by atoms with Gasteiger partial charge >= 0.3 is 0 Å². The molecular formula is C11H15NO. The van der Waals surface area contributed by atoms with Gasteiger partial charge in [-0.1, -0.05) is 39.2 Å². The highest BCUT2D eigenvalue weighted by atomic mass is 16.3. The topological polar surface area (TPSA) is 26.0 Å². The van der Waals surface area contributed by atoms with Crippen LogP contribution in [-0.2, 0) is 0 Å². The van der Waals surface area contributed by atoms with Crippen molar-refractivity contribution in [3.63, 3.8) is 0 Å². The van der Waals surface area contributed by atoms with E-state index in [4.69, 9.17) is 4.42 Å². The summed E-state index contributed by atoms with van der Waals surface area (Å²) < 4.78 is 5.00. The van der Waals surface area contributed by atoms with Crippen LogP contribution in [0.4, 0.5) is 0 Å². The van der Waals surface area contributed by atoms with Gasteiger partial charge in [0.05, 0.1) is 0 Å². The van der Waals surface area contributed by atoms with Crippen LogP contribution in [0.15, 0.2) is 36.1 Å². The largest absolute Gasteiger partial charge is 0.444 e. The minimum absolute atomic E-state index is 0.683. The molecule has 70 valence electrons. The van der Waals surface area contributed by atoms with E-state index in [0.29, 0.717) is 5.76 Å². The van der Waals surface area contributed by atoms with Gasteiger partial charge in [0.1, 0.15) is 5.69 Å². The summed E-state index contributed by atoms with van der Waals surface area (Å²) in [6, 6.07) is 0. The van der Waals surface area contributed by atoms with E-state index in [2.05, 4.69) is 18.1 Å². The summed E-state index contributed by atoms with van der Waals surface area (Å²) in [4.78, 5) is 3.95. The normalized spacial score (nSPS) is 9.08. The van der Waals surface area contributed by atoms with Gasteiger partial charge in [0.25, 0.3) is 0 Å². The summed E-state index contributed by atoms with van der Waals surface area (Å²) in [7, 11) is 0. The van der Waals surface area contributed by atoms with Crippen molar-refractivity contribution >= 4 is 12.2 Å². The number of allylic oxidation sites excluding steroid dienone is 2. The van der Waals surface area contributed by atoms with Crippen molar-refractivity contribution in [3.8, 4) is 0 Å². The molecule has 0 bridgehead atoms. The van der Waals surface area contributed by atoms with E-state index in [-0.39, 0.29) is 0 Å². The minimum Gasteiger partial charge on any atom is -0.444 e. The SMILES string of the molecule is C=C/C=C\c1ncoc1C=C.CC. The van der Waals surface area contributed by atoms with Crippen LogP contribution in [-0.4, -0.2) is 4.98 Å². The average Bonchev–Trinajstić information content (AvgIpc) is 2.65. The van der Waals surface area contributed by atoms with Crippen LogP contribution in [0.5, 0.6) is 0 Å². The Bertz CT molecular complexity index is 284. The van der Waals surface area contributed by atoms with E-state index in [0.717, 1.165) is 5.69 Å². The van der Waals surface area contributed by atoms with Gasteiger partial charge in [-0.05, 0) is 12.2 Å². The molecule has 0 aromatic carbocycles. The van der Waals surface area contributed by atoms with Crippen LogP contribution in [0.2, 0.25) is 0 Å². The van der Waals surface area contributed by atoms with Gasteiger partial charge in [-0.25, -0.2) is 4.98 Å². The standard InChI is InChI=1S/C9H9NO.C2H6/c1-3-5-6-8-9(4-2)11-7-10-8;1-2/h3-7H,1-2H2;1-2H3/b6-5-;. The Hall–Kier alpha value is -1.57. The van der Waals surface area contributed by atoms with Gasteiger partial charge in [-0.2, -0.15) is 0 Å². The quantitative estimate of drug-likeness (QED) is 0.660. The van der Waals surface area contributed by atoms with Gasteiger partial charge < -0.3 is 4.42 Å². The first-order valence-electron chi connectivity index (χ1n) is 4.23. The van der Waals surface area contributed by atoms with E-state index in [1.807, 2.05) is 19.9 Å². The molecule has 0 aliphatic carbocycles. The first-order valence-corrected chi connectivity index (χ1v) is 4.23. The molecular weight excluding hydrogens is 162 g/mol. The molecule has 0 atom stereocenters. The van der Waals surface area contributed by atoms with Crippen molar-refractivity contribution in [2.45, 2.75) is 13.8 Å². The van der Waals surface area contributed by atoms with Crippen molar-refractivity contribution in [3.05, 3.63) is 43.2 Å². The highest BCUT2D eigenvalue weighted by Gasteiger charge is 1.97. The Balaban J connectivity index is 0.000000671. The van der Waals surface area contributed by atoms with Crippen LogP contribution in [0.1, 0.15) is 25.3 Å². The zero-order valence-corrected chi connectivity index (χ0v) is 8.16. The third-order valence-corrected chi connectivity index (χ3v) is 1.20. The molecule has 1 aromatic heterocycles. The minimum atomic E-state index is 0.683.